The molecule has 122 valence electrons. The second-order valence-electron chi connectivity index (χ2n) is 7.01. The van der Waals surface area contributed by atoms with E-state index in [0.717, 1.165) is 28.3 Å². The van der Waals surface area contributed by atoms with Crippen molar-refractivity contribution >= 4 is 11.6 Å². The van der Waals surface area contributed by atoms with Gasteiger partial charge in [-0.3, -0.25) is 0 Å². The van der Waals surface area contributed by atoms with Gasteiger partial charge in [0.1, 0.15) is 0 Å². The summed E-state index contributed by atoms with van der Waals surface area (Å²) in [5.41, 5.74) is 1.12. The quantitative estimate of drug-likeness (QED) is 0.864. The zero-order valence-corrected chi connectivity index (χ0v) is 14.3. The Labute approximate surface area is 141 Å². The average molecular weight is 332 g/mol. The molecule has 1 aromatic heterocycles. The van der Waals surface area contributed by atoms with Crippen LogP contribution in [0.3, 0.4) is 0 Å². The fourth-order valence-corrected chi connectivity index (χ4v) is 3.80. The fourth-order valence-electron chi connectivity index (χ4n) is 3.67. The Morgan fingerprint density at radius 1 is 1.26 bits per heavy atom. The molecular weight excluding hydrogens is 310 g/mol. The van der Waals surface area contributed by atoms with E-state index < -0.39 is 0 Å². The first kappa shape index (κ1) is 15.2. The van der Waals surface area contributed by atoms with Crippen molar-refractivity contribution in [2.45, 2.75) is 45.2 Å². The Balaban J connectivity index is 1.53. The molecule has 2 unspecified atom stereocenters. The second-order valence-corrected chi connectivity index (χ2v) is 7.45. The molecule has 0 amide bonds. The molecular formula is C18H22ClN3O. The summed E-state index contributed by atoms with van der Waals surface area (Å²) in [6.45, 7) is 4.10. The topological polar surface area (TPSA) is 51.0 Å². The van der Waals surface area contributed by atoms with Gasteiger partial charge in [0.05, 0.1) is 6.04 Å². The molecule has 4 nitrogen and oxygen atoms in total. The molecule has 0 saturated heterocycles. The lowest BCUT2D eigenvalue weighted by atomic mass is 10.0. The summed E-state index contributed by atoms with van der Waals surface area (Å²) in [4.78, 5) is 4.44. The van der Waals surface area contributed by atoms with Crippen molar-refractivity contribution in [1.82, 2.24) is 15.5 Å². The maximum atomic E-state index is 6.02. The van der Waals surface area contributed by atoms with Crippen molar-refractivity contribution in [2.75, 3.05) is 0 Å². The molecule has 1 N–H and O–H groups in total. The first-order valence-electron chi connectivity index (χ1n) is 8.43. The Bertz CT molecular complexity index is 680. The number of nitrogens with one attached hydrogen (secondary N) is 1. The van der Waals surface area contributed by atoms with Crippen LogP contribution in [0.2, 0.25) is 5.02 Å². The van der Waals surface area contributed by atoms with Crippen LogP contribution in [0.4, 0.5) is 0 Å². The molecule has 4 rings (SSSR count). The minimum absolute atomic E-state index is 0.0554. The number of rotatable bonds is 6. The van der Waals surface area contributed by atoms with Crippen LogP contribution in [0.5, 0.6) is 0 Å². The number of nitrogens with zero attached hydrogens (tertiary/aromatic N) is 2. The predicted molar refractivity (Wildman–Crippen MR) is 89.2 cm³/mol. The Kier molecular flexibility index (Phi) is 3.90. The highest BCUT2D eigenvalue weighted by Gasteiger charge is 2.49. The van der Waals surface area contributed by atoms with E-state index in [2.05, 4.69) is 22.4 Å². The molecule has 2 aliphatic carbocycles. The third kappa shape index (κ3) is 3.29. The lowest BCUT2D eigenvalue weighted by Gasteiger charge is -2.22. The zero-order chi connectivity index (χ0) is 16.0. The summed E-state index contributed by atoms with van der Waals surface area (Å²) >= 11 is 6.02. The second kappa shape index (κ2) is 5.91. The highest BCUT2D eigenvalue weighted by molar-refractivity contribution is 6.30. The lowest BCUT2D eigenvalue weighted by molar-refractivity contribution is 0.371. The minimum atomic E-state index is -0.0554. The normalized spacial score (nSPS) is 26.0. The van der Waals surface area contributed by atoms with Gasteiger partial charge < -0.3 is 9.84 Å². The molecule has 0 spiro atoms. The van der Waals surface area contributed by atoms with Gasteiger partial charge in [0, 0.05) is 18.0 Å². The van der Waals surface area contributed by atoms with Gasteiger partial charge in [0.25, 0.3) is 0 Å². The standard InChI is InChI=1S/C18H22ClN3O/c1-10(15-9-16(15)12-3-4-12)20-17(18-21-11(2)23-22-18)13-5-7-14(19)8-6-13/h5-8,10,12,15-17,20H,3-4,9H2,1-2H3/t10?,15-,16-,17?/m0/s1. The first-order valence-corrected chi connectivity index (χ1v) is 8.81. The average Bonchev–Trinajstić information content (AvgIpc) is 3.42. The summed E-state index contributed by atoms with van der Waals surface area (Å²) in [5.74, 6) is 3.99. The van der Waals surface area contributed by atoms with Gasteiger partial charge in [-0.05, 0) is 61.6 Å². The van der Waals surface area contributed by atoms with E-state index in [1.807, 2.05) is 31.2 Å². The Morgan fingerprint density at radius 3 is 2.61 bits per heavy atom. The van der Waals surface area contributed by atoms with Crippen LogP contribution in [0.25, 0.3) is 0 Å². The van der Waals surface area contributed by atoms with Gasteiger partial charge in [0.2, 0.25) is 5.89 Å². The van der Waals surface area contributed by atoms with E-state index in [-0.39, 0.29) is 6.04 Å². The number of hydrogen-bond donors (Lipinski definition) is 1. The van der Waals surface area contributed by atoms with Crippen LogP contribution in [-0.2, 0) is 0 Å². The molecule has 1 aromatic carbocycles. The zero-order valence-electron chi connectivity index (χ0n) is 13.5. The van der Waals surface area contributed by atoms with Crippen LogP contribution in [0.1, 0.15) is 49.5 Å². The van der Waals surface area contributed by atoms with Crippen molar-refractivity contribution in [3.05, 3.63) is 46.6 Å². The first-order chi connectivity index (χ1) is 11.1. The van der Waals surface area contributed by atoms with Gasteiger partial charge in [-0.15, -0.1) is 0 Å². The monoisotopic (exact) mass is 331 g/mol. The van der Waals surface area contributed by atoms with Crippen LogP contribution in [0.15, 0.2) is 28.8 Å². The van der Waals surface area contributed by atoms with Crippen molar-refractivity contribution in [2.24, 2.45) is 17.8 Å². The van der Waals surface area contributed by atoms with Gasteiger partial charge in [0.15, 0.2) is 5.82 Å². The predicted octanol–water partition coefficient (Wildman–Crippen LogP) is 4.15. The third-order valence-electron chi connectivity index (χ3n) is 5.20. The SMILES string of the molecule is Cc1nc(C(NC(C)[C@@H]2C[C@H]2C2CC2)c2ccc(Cl)cc2)no1. The van der Waals surface area contributed by atoms with Gasteiger partial charge in [-0.25, -0.2) is 0 Å². The number of halogens is 1. The van der Waals surface area contributed by atoms with Gasteiger partial charge in [-0.1, -0.05) is 28.9 Å². The molecule has 2 aromatic rings. The smallest absolute Gasteiger partial charge is 0.223 e. The highest BCUT2D eigenvalue weighted by atomic mass is 35.5. The van der Waals surface area contributed by atoms with Crippen LogP contribution >= 0.6 is 11.6 Å². The summed E-state index contributed by atoms with van der Waals surface area (Å²) < 4.78 is 5.19. The van der Waals surface area contributed by atoms with Crippen LogP contribution < -0.4 is 5.32 Å². The maximum Gasteiger partial charge on any atom is 0.223 e. The number of aromatic nitrogens is 2. The third-order valence-corrected chi connectivity index (χ3v) is 5.45. The van der Waals surface area contributed by atoms with E-state index in [4.69, 9.17) is 16.1 Å². The minimum Gasteiger partial charge on any atom is -0.340 e. The molecule has 0 aliphatic heterocycles. The Hall–Kier alpha value is -1.39. The Morgan fingerprint density at radius 2 is 2.00 bits per heavy atom. The summed E-state index contributed by atoms with van der Waals surface area (Å²) in [6.07, 6.45) is 4.22. The molecule has 4 atom stereocenters. The number of hydrogen-bond acceptors (Lipinski definition) is 4. The van der Waals surface area contributed by atoms with Gasteiger partial charge >= 0.3 is 0 Å². The lowest BCUT2D eigenvalue weighted by Crippen LogP contribution is -2.34. The molecule has 2 saturated carbocycles. The van der Waals surface area contributed by atoms with E-state index in [9.17, 15) is 0 Å². The molecule has 23 heavy (non-hydrogen) atoms. The molecule has 0 bridgehead atoms. The van der Waals surface area contributed by atoms with Crippen molar-refractivity contribution in [1.29, 1.82) is 0 Å². The summed E-state index contributed by atoms with van der Waals surface area (Å²) in [6, 6.07) is 8.27. The summed E-state index contributed by atoms with van der Waals surface area (Å²) in [5, 5.41) is 8.60. The fraction of sp³-hybridized carbons (Fsp3) is 0.556. The molecule has 2 aliphatic rings. The van der Waals surface area contributed by atoms with E-state index in [1.54, 1.807) is 0 Å². The summed E-state index contributed by atoms with van der Waals surface area (Å²) in [7, 11) is 0. The largest absolute Gasteiger partial charge is 0.340 e. The van der Waals surface area contributed by atoms with Crippen LogP contribution in [0, 0.1) is 24.7 Å². The number of benzene rings is 1. The maximum absolute atomic E-state index is 6.02. The highest BCUT2D eigenvalue weighted by Crippen LogP contribution is 2.55. The van der Waals surface area contributed by atoms with E-state index in [1.165, 1.54) is 19.3 Å². The molecule has 1 heterocycles. The molecule has 2 fully saturated rings. The van der Waals surface area contributed by atoms with E-state index >= 15 is 0 Å². The van der Waals surface area contributed by atoms with Crippen molar-refractivity contribution < 1.29 is 4.52 Å². The molecule has 0 radical (unpaired) electrons. The van der Waals surface area contributed by atoms with E-state index in [0.29, 0.717) is 17.8 Å². The van der Waals surface area contributed by atoms with Crippen molar-refractivity contribution in [3.63, 3.8) is 0 Å². The number of aryl methyl sites for hydroxylation is 1. The van der Waals surface area contributed by atoms with Crippen LogP contribution in [-0.4, -0.2) is 16.2 Å². The molecule has 5 heteroatoms. The van der Waals surface area contributed by atoms with Gasteiger partial charge in [-0.2, -0.15) is 4.98 Å². The van der Waals surface area contributed by atoms with Crippen molar-refractivity contribution in [3.8, 4) is 0 Å².